The first-order valence-corrected chi connectivity index (χ1v) is 8.09. The van der Waals surface area contributed by atoms with Crippen LogP contribution in [-0.4, -0.2) is 14.9 Å². The van der Waals surface area contributed by atoms with Gasteiger partial charge >= 0.3 is 5.69 Å². The first-order chi connectivity index (χ1) is 10.8. The monoisotopic (exact) mass is 319 g/mol. The third kappa shape index (κ3) is 2.90. The molecule has 1 aliphatic heterocycles. The minimum Gasteiger partial charge on any atom is -0.345 e. The average molecular weight is 319 g/mol. The molecule has 0 aliphatic carbocycles. The number of nitrogens with zero attached hydrogens (tertiary/aromatic N) is 2. The summed E-state index contributed by atoms with van der Waals surface area (Å²) in [4.78, 5) is 37.0. The van der Waals surface area contributed by atoms with E-state index in [0.717, 1.165) is 35.9 Å². The Morgan fingerprint density at radius 1 is 1.17 bits per heavy atom. The molecule has 1 aliphatic rings. The average Bonchev–Trinajstić information content (AvgIpc) is 2.50. The van der Waals surface area contributed by atoms with Gasteiger partial charge in [0.1, 0.15) is 5.82 Å². The van der Waals surface area contributed by atoms with Crippen LogP contribution in [0.5, 0.6) is 0 Å². The summed E-state index contributed by atoms with van der Waals surface area (Å²) in [6.45, 7) is 5.48. The molecular weight excluding hydrogens is 294 g/mol. The molecule has 1 N–H and O–H groups in total. The van der Waals surface area contributed by atoms with Gasteiger partial charge in [0.25, 0.3) is 5.56 Å². The number of anilines is 1. The second kappa shape index (κ2) is 6.56. The fourth-order valence-corrected chi connectivity index (χ4v) is 3.38. The Labute approximate surface area is 135 Å². The summed E-state index contributed by atoms with van der Waals surface area (Å²) < 4.78 is 2.57. The number of aromatic nitrogens is 2. The zero-order chi connectivity index (χ0) is 17.3. The number of hydrogen-bond acceptors (Lipinski definition) is 4. The lowest BCUT2D eigenvalue weighted by atomic mass is 9.82. The molecule has 2 heterocycles. The topological polar surface area (TPSA) is 73.1 Å². The fourth-order valence-electron chi connectivity index (χ4n) is 3.38. The van der Waals surface area contributed by atoms with Gasteiger partial charge in [0.05, 0.1) is 5.56 Å². The van der Waals surface area contributed by atoms with E-state index in [1.54, 1.807) is 7.05 Å². The van der Waals surface area contributed by atoms with Crippen LogP contribution in [-0.2, 0) is 18.9 Å². The van der Waals surface area contributed by atoms with Crippen LogP contribution >= 0.6 is 0 Å². The highest BCUT2D eigenvalue weighted by Crippen LogP contribution is 2.38. The van der Waals surface area contributed by atoms with Crippen LogP contribution in [0.1, 0.15) is 57.9 Å². The Balaban J connectivity index is 2.69. The number of allylic oxidation sites excluding steroid dienone is 2. The maximum Gasteiger partial charge on any atom is 0.332 e. The lowest BCUT2D eigenvalue weighted by Gasteiger charge is -2.30. The molecule has 1 aromatic rings. The van der Waals surface area contributed by atoms with E-state index in [4.69, 9.17) is 0 Å². The molecule has 0 amide bonds. The number of carbonyl (C=O) groups is 1. The van der Waals surface area contributed by atoms with Crippen LogP contribution < -0.4 is 16.6 Å². The molecular formula is C17H25N3O3. The van der Waals surface area contributed by atoms with Crippen molar-refractivity contribution in [3.05, 3.63) is 37.7 Å². The molecule has 6 heteroatoms. The minimum atomic E-state index is -0.368. The van der Waals surface area contributed by atoms with E-state index in [-0.39, 0.29) is 23.0 Å². The number of nitrogens with one attached hydrogen (secondary N) is 1. The number of fused-ring (bicyclic) bond motifs is 1. The Kier molecular flexibility index (Phi) is 4.92. The largest absolute Gasteiger partial charge is 0.345 e. The molecule has 1 unspecified atom stereocenters. The summed E-state index contributed by atoms with van der Waals surface area (Å²) in [5.41, 5.74) is 1.23. The summed E-state index contributed by atoms with van der Waals surface area (Å²) >= 11 is 0. The van der Waals surface area contributed by atoms with Gasteiger partial charge in [0, 0.05) is 31.3 Å². The van der Waals surface area contributed by atoms with E-state index in [9.17, 15) is 14.4 Å². The van der Waals surface area contributed by atoms with Gasteiger partial charge in [-0.25, -0.2) is 4.79 Å². The van der Waals surface area contributed by atoms with E-state index in [2.05, 4.69) is 12.2 Å². The van der Waals surface area contributed by atoms with Crippen molar-refractivity contribution < 1.29 is 4.79 Å². The maximum atomic E-state index is 12.7. The number of carbonyl (C=O) groups excluding carboxylic acids is 1. The summed E-state index contributed by atoms with van der Waals surface area (Å²) in [5, 5.41) is 3.10. The van der Waals surface area contributed by atoms with Crippen molar-refractivity contribution in [2.45, 2.75) is 52.4 Å². The fraction of sp³-hybridized carbons (Fsp3) is 0.588. The zero-order valence-electron chi connectivity index (χ0n) is 14.5. The van der Waals surface area contributed by atoms with Crippen molar-refractivity contribution in [2.24, 2.45) is 14.1 Å². The highest BCUT2D eigenvalue weighted by Gasteiger charge is 2.33. The second-order valence-corrected chi connectivity index (χ2v) is 6.24. The Bertz CT molecular complexity index is 783. The molecule has 23 heavy (non-hydrogen) atoms. The Hall–Kier alpha value is -2.11. The second-order valence-electron chi connectivity index (χ2n) is 6.24. The number of unbranched alkanes of at least 4 members (excludes halogenated alkanes) is 2. The molecule has 6 nitrogen and oxygen atoms in total. The molecule has 0 bridgehead atoms. The molecule has 0 fully saturated rings. The van der Waals surface area contributed by atoms with Gasteiger partial charge in [-0.05, 0) is 20.3 Å². The number of Topliss-reactive ketones (excluding diaryl/α,β-unsaturated/α-hetero) is 1. The SMILES string of the molecule is CCCCCC1C(C(C)=O)=C(C)Nc2c1c(=O)n(C)c(=O)n2C. The van der Waals surface area contributed by atoms with Gasteiger partial charge in [-0.1, -0.05) is 26.2 Å². The van der Waals surface area contributed by atoms with Gasteiger partial charge in [-0.15, -0.1) is 0 Å². The maximum absolute atomic E-state index is 12.7. The van der Waals surface area contributed by atoms with Gasteiger partial charge in [-0.2, -0.15) is 0 Å². The van der Waals surface area contributed by atoms with E-state index >= 15 is 0 Å². The number of rotatable bonds is 5. The van der Waals surface area contributed by atoms with Crippen molar-refractivity contribution >= 4 is 11.6 Å². The molecule has 0 spiro atoms. The quantitative estimate of drug-likeness (QED) is 0.843. The molecule has 0 aromatic carbocycles. The lowest BCUT2D eigenvalue weighted by Crippen LogP contribution is -2.43. The van der Waals surface area contributed by atoms with E-state index < -0.39 is 0 Å². The van der Waals surface area contributed by atoms with Gasteiger partial charge in [-0.3, -0.25) is 18.7 Å². The normalized spacial score (nSPS) is 17.0. The minimum absolute atomic E-state index is 0.0296. The van der Waals surface area contributed by atoms with Crippen LogP contribution in [0, 0.1) is 0 Å². The Morgan fingerprint density at radius 2 is 1.83 bits per heavy atom. The standard InChI is InChI=1S/C17H25N3O3/c1-6-7-8-9-12-13(11(3)21)10(2)18-15-14(12)16(22)20(5)17(23)19(15)4/h12,18H,6-9H2,1-5H3. The summed E-state index contributed by atoms with van der Waals surface area (Å²) in [6.07, 6.45) is 3.80. The molecule has 1 aromatic heterocycles. The zero-order valence-corrected chi connectivity index (χ0v) is 14.5. The van der Waals surface area contributed by atoms with Gasteiger partial charge < -0.3 is 5.32 Å². The van der Waals surface area contributed by atoms with Crippen LogP contribution in [0.3, 0.4) is 0 Å². The van der Waals surface area contributed by atoms with Crippen LogP contribution in [0.4, 0.5) is 5.82 Å². The van der Waals surface area contributed by atoms with Crippen molar-refractivity contribution in [1.82, 2.24) is 9.13 Å². The molecule has 0 saturated heterocycles. The Morgan fingerprint density at radius 3 is 2.39 bits per heavy atom. The first kappa shape index (κ1) is 17.2. The highest BCUT2D eigenvalue weighted by molar-refractivity contribution is 5.97. The van der Waals surface area contributed by atoms with Crippen molar-refractivity contribution in [2.75, 3.05) is 5.32 Å². The van der Waals surface area contributed by atoms with E-state index in [0.29, 0.717) is 17.0 Å². The first-order valence-electron chi connectivity index (χ1n) is 8.09. The molecule has 0 saturated carbocycles. The molecule has 126 valence electrons. The number of ketones is 1. The summed E-state index contributed by atoms with van der Waals surface area (Å²) in [7, 11) is 3.12. The number of hydrogen-bond donors (Lipinski definition) is 1. The van der Waals surface area contributed by atoms with Crippen LogP contribution in [0.25, 0.3) is 0 Å². The molecule has 0 radical (unpaired) electrons. The van der Waals surface area contributed by atoms with Crippen LogP contribution in [0.15, 0.2) is 20.9 Å². The predicted molar refractivity (Wildman–Crippen MR) is 90.8 cm³/mol. The lowest BCUT2D eigenvalue weighted by molar-refractivity contribution is -0.114. The highest BCUT2D eigenvalue weighted by atomic mass is 16.2. The van der Waals surface area contributed by atoms with Crippen molar-refractivity contribution in [1.29, 1.82) is 0 Å². The van der Waals surface area contributed by atoms with Crippen molar-refractivity contribution in [3.63, 3.8) is 0 Å². The molecule has 1 atom stereocenters. The van der Waals surface area contributed by atoms with E-state index in [1.807, 2.05) is 6.92 Å². The van der Waals surface area contributed by atoms with Crippen LogP contribution in [0.2, 0.25) is 0 Å². The molecule has 2 rings (SSSR count). The smallest absolute Gasteiger partial charge is 0.332 e. The van der Waals surface area contributed by atoms with Gasteiger partial charge in [0.15, 0.2) is 5.78 Å². The third-order valence-electron chi connectivity index (χ3n) is 4.58. The summed E-state index contributed by atoms with van der Waals surface area (Å²) in [5.74, 6) is 0.237. The third-order valence-corrected chi connectivity index (χ3v) is 4.58. The summed E-state index contributed by atoms with van der Waals surface area (Å²) in [6, 6.07) is 0. The van der Waals surface area contributed by atoms with E-state index in [1.165, 1.54) is 18.5 Å². The predicted octanol–water partition coefficient (Wildman–Crippen LogP) is 2.04. The van der Waals surface area contributed by atoms with Crippen molar-refractivity contribution in [3.8, 4) is 0 Å². The van der Waals surface area contributed by atoms with Gasteiger partial charge in [0.2, 0.25) is 0 Å².